The molecular weight excluding hydrogens is 408 g/mol. The Morgan fingerprint density at radius 3 is 2.67 bits per heavy atom. The number of carbonyl (C=O) groups excluding carboxylic acids is 2. The van der Waals surface area contributed by atoms with E-state index >= 15 is 0 Å². The molecule has 1 unspecified atom stereocenters. The van der Waals surface area contributed by atoms with Gasteiger partial charge >= 0.3 is 0 Å². The van der Waals surface area contributed by atoms with E-state index in [1.807, 2.05) is 0 Å². The summed E-state index contributed by atoms with van der Waals surface area (Å²) in [7, 11) is 4.95. The van der Waals surface area contributed by atoms with Crippen LogP contribution >= 0.6 is 11.8 Å². The van der Waals surface area contributed by atoms with Gasteiger partial charge in [0, 0.05) is 27.2 Å². The highest BCUT2D eigenvalue weighted by atomic mass is 32.2. The largest absolute Gasteiger partial charge is 0.356 e. The quantitative estimate of drug-likeness (QED) is 0.694. The number of rotatable bonds is 5. The molecule has 0 radical (unpaired) electrons. The summed E-state index contributed by atoms with van der Waals surface area (Å²) in [6.07, 6.45) is 5.88. The molecule has 2 amide bonds. The lowest BCUT2D eigenvalue weighted by atomic mass is 9.95. The first-order chi connectivity index (χ1) is 14.4. The van der Waals surface area contributed by atoms with Crippen LogP contribution < -0.4 is 10.2 Å². The Morgan fingerprint density at radius 1 is 1.20 bits per heavy atom. The molecular formula is C18H26N8O3S. The van der Waals surface area contributed by atoms with Gasteiger partial charge in [0.15, 0.2) is 21.8 Å². The van der Waals surface area contributed by atoms with E-state index in [1.165, 1.54) is 46.0 Å². The molecule has 162 valence electrons. The average molecular weight is 435 g/mol. The summed E-state index contributed by atoms with van der Waals surface area (Å²) >= 11 is 1.22. The zero-order valence-electron chi connectivity index (χ0n) is 17.3. The van der Waals surface area contributed by atoms with Crippen LogP contribution in [0.1, 0.15) is 42.6 Å². The zero-order chi connectivity index (χ0) is 21.4. The predicted molar refractivity (Wildman–Crippen MR) is 109 cm³/mol. The number of hydrogen-bond acceptors (Lipinski definition) is 8. The van der Waals surface area contributed by atoms with E-state index in [2.05, 4.69) is 20.4 Å². The van der Waals surface area contributed by atoms with Crippen molar-refractivity contribution in [2.75, 3.05) is 19.0 Å². The SMILES string of the molecule is CN1C(=O)c2c(nc(Sc3ncnn3CC(=O)NC3CCCCC3)n2C)N(C)C1O. The topological polar surface area (TPSA) is 121 Å². The summed E-state index contributed by atoms with van der Waals surface area (Å²) in [6.45, 7) is 0.0727. The first-order valence-corrected chi connectivity index (χ1v) is 10.8. The number of carbonyl (C=O) groups is 2. The van der Waals surface area contributed by atoms with Crippen LogP contribution in [0.15, 0.2) is 16.6 Å². The van der Waals surface area contributed by atoms with E-state index in [1.54, 1.807) is 18.7 Å². The van der Waals surface area contributed by atoms with E-state index in [0.29, 0.717) is 21.8 Å². The second-order valence-electron chi connectivity index (χ2n) is 7.70. The molecule has 0 aromatic carbocycles. The van der Waals surface area contributed by atoms with Crippen LogP contribution in [-0.4, -0.2) is 72.6 Å². The highest BCUT2D eigenvalue weighted by molar-refractivity contribution is 7.99. The Kier molecular flexibility index (Phi) is 5.69. The van der Waals surface area contributed by atoms with Crippen molar-refractivity contribution in [1.82, 2.24) is 34.5 Å². The van der Waals surface area contributed by atoms with Crippen molar-refractivity contribution in [2.24, 2.45) is 7.05 Å². The lowest BCUT2D eigenvalue weighted by Crippen LogP contribution is -2.52. The summed E-state index contributed by atoms with van der Waals surface area (Å²) in [5, 5.41) is 18.5. The summed E-state index contributed by atoms with van der Waals surface area (Å²) in [5.74, 6) is -0.00414. The van der Waals surface area contributed by atoms with Gasteiger partial charge in [-0.3, -0.25) is 14.5 Å². The number of aromatic nitrogens is 5. The number of anilines is 1. The molecule has 4 rings (SSSR count). The minimum Gasteiger partial charge on any atom is -0.356 e. The summed E-state index contributed by atoms with van der Waals surface area (Å²) in [4.78, 5) is 36.6. The predicted octanol–water partition coefficient (Wildman–Crippen LogP) is 0.409. The van der Waals surface area contributed by atoms with Crippen molar-refractivity contribution in [3.8, 4) is 0 Å². The third kappa shape index (κ3) is 3.76. The highest BCUT2D eigenvalue weighted by Gasteiger charge is 2.37. The van der Waals surface area contributed by atoms with Crippen molar-refractivity contribution in [3.63, 3.8) is 0 Å². The van der Waals surface area contributed by atoms with Crippen molar-refractivity contribution < 1.29 is 14.7 Å². The molecule has 30 heavy (non-hydrogen) atoms. The molecule has 1 fully saturated rings. The van der Waals surface area contributed by atoms with Gasteiger partial charge in [-0.25, -0.2) is 14.6 Å². The molecule has 1 aliphatic carbocycles. The number of amides is 2. The van der Waals surface area contributed by atoms with Crippen LogP contribution in [0.3, 0.4) is 0 Å². The minimum atomic E-state index is -1.08. The molecule has 12 heteroatoms. The fourth-order valence-electron chi connectivity index (χ4n) is 3.86. The van der Waals surface area contributed by atoms with Gasteiger partial charge in [0.05, 0.1) is 0 Å². The van der Waals surface area contributed by atoms with Crippen LogP contribution in [0, 0.1) is 0 Å². The van der Waals surface area contributed by atoms with Gasteiger partial charge in [0.25, 0.3) is 5.91 Å². The smallest absolute Gasteiger partial charge is 0.277 e. The third-order valence-electron chi connectivity index (χ3n) is 5.61. The van der Waals surface area contributed by atoms with E-state index in [4.69, 9.17) is 0 Å². The van der Waals surface area contributed by atoms with Gasteiger partial charge in [-0.2, -0.15) is 5.10 Å². The monoisotopic (exact) mass is 434 g/mol. The Balaban J connectivity index is 1.50. The number of nitrogens with one attached hydrogen (secondary N) is 1. The molecule has 3 heterocycles. The fourth-order valence-corrected chi connectivity index (χ4v) is 4.70. The number of nitrogens with zero attached hydrogens (tertiary/aromatic N) is 7. The second-order valence-corrected chi connectivity index (χ2v) is 8.64. The van der Waals surface area contributed by atoms with Gasteiger partial charge in [0.1, 0.15) is 12.9 Å². The average Bonchev–Trinajstić information content (AvgIpc) is 3.30. The van der Waals surface area contributed by atoms with Crippen LogP contribution in [0.2, 0.25) is 0 Å². The Morgan fingerprint density at radius 2 is 1.93 bits per heavy atom. The van der Waals surface area contributed by atoms with Gasteiger partial charge in [-0.1, -0.05) is 19.3 Å². The van der Waals surface area contributed by atoms with E-state index in [0.717, 1.165) is 25.7 Å². The molecule has 0 bridgehead atoms. The molecule has 2 aromatic rings. The Hall–Kier alpha value is -2.60. The lowest BCUT2D eigenvalue weighted by Gasteiger charge is -2.35. The van der Waals surface area contributed by atoms with Gasteiger partial charge < -0.3 is 19.9 Å². The zero-order valence-corrected chi connectivity index (χ0v) is 18.1. The fraction of sp³-hybridized carbons (Fsp3) is 0.611. The van der Waals surface area contributed by atoms with Crippen LogP contribution in [0.25, 0.3) is 0 Å². The molecule has 11 nitrogen and oxygen atoms in total. The number of hydrogen-bond donors (Lipinski definition) is 2. The molecule has 1 saturated carbocycles. The van der Waals surface area contributed by atoms with Crippen molar-refractivity contribution in [3.05, 3.63) is 12.0 Å². The van der Waals surface area contributed by atoms with Crippen molar-refractivity contribution in [2.45, 2.75) is 61.4 Å². The highest BCUT2D eigenvalue weighted by Crippen LogP contribution is 2.33. The van der Waals surface area contributed by atoms with Crippen LogP contribution in [-0.2, 0) is 18.4 Å². The second kappa shape index (κ2) is 8.26. The number of aliphatic hydroxyl groups is 1. The summed E-state index contributed by atoms with van der Waals surface area (Å²) in [6, 6.07) is 0.233. The Labute approximate surface area is 178 Å². The minimum absolute atomic E-state index is 0.0727. The van der Waals surface area contributed by atoms with Gasteiger partial charge in [0.2, 0.25) is 12.3 Å². The van der Waals surface area contributed by atoms with Gasteiger partial charge in [-0.05, 0) is 24.6 Å². The molecule has 0 spiro atoms. The molecule has 2 aromatic heterocycles. The van der Waals surface area contributed by atoms with Crippen molar-refractivity contribution >= 4 is 29.4 Å². The van der Waals surface area contributed by atoms with E-state index in [-0.39, 0.29) is 24.4 Å². The Bertz CT molecular complexity index is 951. The molecule has 2 N–H and O–H groups in total. The molecule has 2 aliphatic rings. The first-order valence-electron chi connectivity index (χ1n) is 9.96. The van der Waals surface area contributed by atoms with Gasteiger partial charge in [-0.15, -0.1) is 0 Å². The number of aliphatic hydroxyl groups excluding tert-OH is 1. The molecule has 1 aliphatic heterocycles. The normalized spacial score (nSPS) is 19.9. The maximum atomic E-state index is 12.6. The van der Waals surface area contributed by atoms with Crippen molar-refractivity contribution in [1.29, 1.82) is 0 Å². The molecule has 0 saturated heterocycles. The summed E-state index contributed by atoms with van der Waals surface area (Å²) in [5.41, 5.74) is 0.383. The number of imidazole rings is 1. The number of fused-ring (bicyclic) bond motifs is 1. The third-order valence-corrected chi connectivity index (χ3v) is 6.66. The first kappa shape index (κ1) is 20.7. The lowest BCUT2D eigenvalue weighted by molar-refractivity contribution is -0.122. The standard InChI is InChI=1S/C18H26N8O3S/c1-23-13-14(24(2)18(29)25(3)15(13)28)22-17(23)30-16-19-10-20-26(16)9-12(27)21-11-7-5-4-6-8-11/h10-11,18,29H,4-9H2,1-3H3,(H,21,27). The maximum Gasteiger partial charge on any atom is 0.277 e. The molecule has 1 atom stereocenters. The van der Waals surface area contributed by atoms with Crippen LogP contribution in [0.4, 0.5) is 5.82 Å². The van der Waals surface area contributed by atoms with E-state index in [9.17, 15) is 14.7 Å². The maximum absolute atomic E-state index is 12.6. The van der Waals surface area contributed by atoms with Crippen LogP contribution in [0.5, 0.6) is 0 Å². The van der Waals surface area contributed by atoms with E-state index < -0.39 is 6.35 Å². The summed E-state index contributed by atoms with van der Waals surface area (Å²) < 4.78 is 3.20.